The number of rotatable bonds is 4. The highest BCUT2D eigenvalue weighted by atomic mass is 16.5. The highest BCUT2D eigenvalue weighted by Crippen LogP contribution is 2.25. The van der Waals surface area contributed by atoms with Gasteiger partial charge in [0.05, 0.1) is 28.3 Å². The number of methoxy groups -OCH3 is 2. The van der Waals surface area contributed by atoms with Crippen molar-refractivity contribution in [2.24, 2.45) is 14.1 Å². The van der Waals surface area contributed by atoms with E-state index in [0.717, 1.165) is 28.5 Å². The van der Waals surface area contributed by atoms with E-state index < -0.39 is 0 Å². The maximum Gasteiger partial charge on any atom is 0.498 e. The molecule has 0 aliphatic rings. The van der Waals surface area contributed by atoms with Crippen molar-refractivity contribution in [3.05, 3.63) is 51.7 Å². The van der Waals surface area contributed by atoms with Crippen LogP contribution >= 0.6 is 0 Å². The molecule has 2 rings (SSSR count). The number of ether oxygens (including phenoxy) is 2. The standard InChI is InChI=1S/C17H21N2O3/c1-12-10-14(19(3)17(20)18(12)2)7-6-13-11-15(21-4)8-9-16(13)22-5/h6-11H,1-5H3/q+1. The summed E-state index contributed by atoms with van der Waals surface area (Å²) in [4.78, 5) is 12.1. The van der Waals surface area contributed by atoms with Gasteiger partial charge in [-0.05, 0) is 37.3 Å². The fraction of sp³-hybridized carbons (Fsp3) is 0.294. The monoisotopic (exact) mass is 301 g/mol. The maximum absolute atomic E-state index is 12.1. The first kappa shape index (κ1) is 15.8. The number of aryl methyl sites for hydroxylation is 1. The summed E-state index contributed by atoms with van der Waals surface area (Å²) in [5, 5.41) is 0. The van der Waals surface area contributed by atoms with Gasteiger partial charge in [0, 0.05) is 11.6 Å². The zero-order valence-electron chi connectivity index (χ0n) is 13.6. The largest absolute Gasteiger partial charge is 0.498 e. The molecule has 0 N–H and O–H groups in total. The minimum Gasteiger partial charge on any atom is -0.497 e. The molecule has 0 radical (unpaired) electrons. The summed E-state index contributed by atoms with van der Waals surface area (Å²) in [6, 6.07) is 7.56. The Kier molecular flexibility index (Phi) is 4.65. The fourth-order valence-electron chi connectivity index (χ4n) is 2.20. The van der Waals surface area contributed by atoms with Crippen LogP contribution in [0.25, 0.3) is 12.2 Å². The Balaban J connectivity index is 2.47. The van der Waals surface area contributed by atoms with Crippen LogP contribution in [0.3, 0.4) is 0 Å². The molecular formula is C17H21N2O3+. The van der Waals surface area contributed by atoms with Crippen LogP contribution < -0.4 is 19.7 Å². The molecule has 0 bridgehead atoms. The summed E-state index contributed by atoms with van der Waals surface area (Å²) in [6.07, 6.45) is 3.81. The van der Waals surface area contributed by atoms with E-state index in [9.17, 15) is 4.79 Å². The lowest BCUT2D eigenvalue weighted by molar-refractivity contribution is -0.692. The minimum atomic E-state index is -0.0581. The van der Waals surface area contributed by atoms with Crippen molar-refractivity contribution in [2.75, 3.05) is 14.2 Å². The number of hydrogen-bond donors (Lipinski definition) is 0. The topological polar surface area (TPSA) is 44.3 Å². The van der Waals surface area contributed by atoms with E-state index in [-0.39, 0.29) is 5.69 Å². The van der Waals surface area contributed by atoms with Crippen LogP contribution in [-0.2, 0) is 14.1 Å². The van der Waals surface area contributed by atoms with Gasteiger partial charge >= 0.3 is 5.69 Å². The average Bonchev–Trinajstić information content (AvgIpc) is 2.54. The Hall–Kier alpha value is -2.56. The lowest BCUT2D eigenvalue weighted by atomic mass is 10.1. The third kappa shape index (κ3) is 3.03. The van der Waals surface area contributed by atoms with Crippen molar-refractivity contribution in [3.8, 4) is 11.5 Å². The highest BCUT2D eigenvalue weighted by molar-refractivity contribution is 5.71. The summed E-state index contributed by atoms with van der Waals surface area (Å²) < 4.78 is 13.8. The van der Waals surface area contributed by atoms with Crippen LogP contribution in [0.2, 0.25) is 0 Å². The van der Waals surface area contributed by atoms with E-state index >= 15 is 0 Å². The van der Waals surface area contributed by atoms with Crippen molar-refractivity contribution in [1.29, 1.82) is 0 Å². The first-order valence-corrected chi connectivity index (χ1v) is 6.94. The van der Waals surface area contributed by atoms with Crippen LogP contribution in [0.1, 0.15) is 17.0 Å². The Labute approximate surface area is 130 Å². The quantitative estimate of drug-likeness (QED) is 0.808. The number of aromatic nitrogens is 2. The van der Waals surface area contributed by atoms with Gasteiger partial charge < -0.3 is 9.47 Å². The molecular weight excluding hydrogens is 280 g/mol. The van der Waals surface area contributed by atoms with E-state index in [1.165, 1.54) is 0 Å². The first-order valence-electron chi connectivity index (χ1n) is 6.94. The van der Waals surface area contributed by atoms with Crippen molar-refractivity contribution >= 4 is 12.2 Å². The SMILES string of the molecule is COc1ccc(OC)c(C=Cc2cc(C)n(C)c(=O)[n+]2C)c1. The molecule has 22 heavy (non-hydrogen) atoms. The Morgan fingerprint density at radius 1 is 1.14 bits per heavy atom. The molecule has 1 heterocycles. The second kappa shape index (κ2) is 6.47. The van der Waals surface area contributed by atoms with Crippen LogP contribution in [-0.4, -0.2) is 18.8 Å². The smallest absolute Gasteiger partial charge is 0.497 e. The Morgan fingerprint density at radius 3 is 2.50 bits per heavy atom. The third-order valence-electron chi connectivity index (χ3n) is 3.72. The first-order chi connectivity index (χ1) is 10.5. The zero-order valence-corrected chi connectivity index (χ0v) is 13.6. The van der Waals surface area contributed by atoms with Crippen LogP contribution in [0.5, 0.6) is 11.5 Å². The van der Waals surface area contributed by atoms with Crippen molar-refractivity contribution < 1.29 is 14.0 Å². The molecule has 0 spiro atoms. The molecule has 0 saturated carbocycles. The zero-order chi connectivity index (χ0) is 16.3. The summed E-state index contributed by atoms with van der Waals surface area (Å²) in [6.45, 7) is 1.91. The number of nitrogens with zero attached hydrogens (tertiary/aromatic N) is 2. The van der Waals surface area contributed by atoms with Crippen molar-refractivity contribution in [1.82, 2.24) is 4.57 Å². The molecule has 0 fully saturated rings. The van der Waals surface area contributed by atoms with Gasteiger partial charge in [-0.3, -0.25) is 0 Å². The van der Waals surface area contributed by atoms with E-state index in [1.54, 1.807) is 37.4 Å². The van der Waals surface area contributed by atoms with Crippen LogP contribution in [0.4, 0.5) is 0 Å². The Morgan fingerprint density at radius 2 is 1.86 bits per heavy atom. The molecule has 0 aliphatic heterocycles. The highest BCUT2D eigenvalue weighted by Gasteiger charge is 2.11. The summed E-state index contributed by atoms with van der Waals surface area (Å²) >= 11 is 0. The summed E-state index contributed by atoms with van der Waals surface area (Å²) in [5.41, 5.74) is 2.56. The Bertz CT molecular complexity index is 776. The van der Waals surface area contributed by atoms with Crippen LogP contribution in [0.15, 0.2) is 29.1 Å². The summed E-state index contributed by atoms with van der Waals surface area (Å²) in [5.74, 6) is 1.50. The molecule has 5 nitrogen and oxygen atoms in total. The second-order valence-electron chi connectivity index (χ2n) is 5.05. The number of benzene rings is 1. The van der Waals surface area contributed by atoms with Gasteiger partial charge in [0.15, 0.2) is 0 Å². The van der Waals surface area contributed by atoms with E-state index in [2.05, 4.69) is 0 Å². The molecule has 0 aliphatic carbocycles. The van der Waals surface area contributed by atoms with Gasteiger partial charge in [0.2, 0.25) is 0 Å². The molecule has 0 atom stereocenters. The molecule has 2 aromatic rings. The van der Waals surface area contributed by atoms with Crippen LogP contribution in [0, 0.1) is 6.92 Å². The van der Waals surface area contributed by atoms with E-state index in [4.69, 9.17) is 9.47 Å². The van der Waals surface area contributed by atoms with E-state index in [0.29, 0.717) is 0 Å². The molecule has 1 aromatic carbocycles. The predicted octanol–water partition coefficient (Wildman–Crippen LogP) is 1.71. The molecule has 0 saturated heterocycles. The maximum atomic E-state index is 12.1. The molecule has 116 valence electrons. The van der Waals surface area contributed by atoms with Gasteiger partial charge in [0.1, 0.15) is 22.9 Å². The third-order valence-corrected chi connectivity index (χ3v) is 3.72. The van der Waals surface area contributed by atoms with Crippen molar-refractivity contribution in [2.45, 2.75) is 6.92 Å². The number of hydrogen-bond acceptors (Lipinski definition) is 3. The van der Waals surface area contributed by atoms with Gasteiger partial charge in [-0.1, -0.05) is 0 Å². The molecule has 0 amide bonds. The normalized spacial score (nSPS) is 11.0. The van der Waals surface area contributed by atoms with Gasteiger partial charge in [-0.15, -0.1) is 0 Å². The second-order valence-corrected chi connectivity index (χ2v) is 5.05. The lowest BCUT2D eigenvalue weighted by Crippen LogP contribution is -2.53. The molecule has 5 heteroatoms. The summed E-state index contributed by atoms with van der Waals surface area (Å²) in [7, 11) is 6.77. The van der Waals surface area contributed by atoms with E-state index in [1.807, 2.05) is 43.3 Å². The predicted molar refractivity (Wildman–Crippen MR) is 86.1 cm³/mol. The minimum absolute atomic E-state index is 0.0581. The van der Waals surface area contributed by atoms with Gasteiger partial charge in [0.25, 0.3) is 0 Å². The molecule has 0 unspecified atom stereocenters. The van der Waals surface area contributed by atoms with Gasteiger partial charge in [-0.25, -0.2) is 0 Å². The van der Waals surface area contributed by atoms with Gasteiger partial charge in [-0.2, -0.15) is 13.9 Å². The fourth-order valence-corrected chi connectivity index (χ4v) is 2.20. The molecule has 1 aromatic heterocycles. The average molecular weight is 301 g/mol. The van der Waals surface area contributed by atoms with Crippen molar-refractivity contribution in [3.63, 3.8) is 0 Å². The lowest BCUT2D eigenvalue weighted by Gasteiger charge is -2.07.